The van der Waals surface area contributed by atoms with Gasteiger partial charge in [0, 0.05) is 37.7 Å². The summed E-state index contributed by atoms with van der Waals surface area (Å²) in [6.07, 6.45) is 4.19. The Kier molecular flexibility index (Phi) is 6.34. The van der Waals surface area contributed by atoms with Crippen molar-refractivity contribution in [1.29, 1.82) is 0 Å². The highest BCUT2D eigenvalue weighted by atomic mass is 19.1. The van der Waals surface area contributed by atoms with Gasteiger partial charge < -0.3 is 20.4 Å². The van der Waals surface area contributed by atoms with E-state index in [2.05, 4.69) is 20.9 Å². The minimum absolute atomic E-state index is 0.141. The molecule has 1 aliphatic rings. The van der Waals surface area contributed by atoms with Crippen LogP contribution < -0.4 is 16.0 Å². The van der Waals surface area contributed by atoms with Gasteiger partial charge >= 0.3 is 0 Å². The van der Waals surface area contributed by atoms with Crippen molar-refractivity contribution in [3.05, 3.63) is 59.3 Å². The van der Waals surface area contributed by atoms with E-state index >= 15 is 0 Å². The second kappa shape index (κ2) is 8.91. The Bertz CT molecular complexity index is 842. The summed E-state index contributed by atoms with van der Waals surface area (Å²) < 4.78 is 19.3. The number of halogens is 1. The predicted octanol–water partition coefficient (Wildman–Crippen LogP) is 2.74. The van der Waals surface area contributed by atoms with Crippen molar-refractivity contribution in [2.75, 3.05) is 26.7 Å². The maximum atomic E-state index is 14.1. The Labute approximate surface area is 164 Å². The van der Waals surface area contributed by atoms with E-state index in [0.717, 1.165) is 30.4 Å². The van der Waals surface area contributed by atoms with Crippen LogP contribution in [0, 0.1) is 12.7 Å². The lowest BCUT2D eigenvalue weighted by atomic mass is 9.95. The Morgan fingerprint density at radius 3 is 2.57 bits per heavy atom. The van der Waals surface area contributed by atoms with E-state index in [9.17, 15) is 9.18 Å². The fourth-order valence-electron chi connectivity index (χ4n) is 3.24. The molecule has 0 saturated heterocycles. The van der Waals surface area contributed by atoms with E-state index in [1.807, 2.05) is 19.1 Å². The van der Waals surface area contributed by atoms with Crippen LogP contribution in [0.1, 0.15) is 40.9 Å². The Balaban J connectivity index is 1.38. The lowest BCUT2D eigenvalue weighted by Crippen LogP contribution is -2.42. The summed E-state index contributed by atoms with van der Waals surface area (Å²) in [5.74, 6) is 0.682. The van der Waals surface area contributed by atoms with Gasteiger partial charge in [-0.25, -0.2) is 4.39 Å². The number of guanidine groups is 1. The van der Waals surface area contributed by atoms with Gasteiger partial charge in [-0.3, -0.25) is 9.79 Å². The summed E-state index contributed by atoms with van der Waals surface area (Å²) in [4.78, 5) is 16.2. The van der Waals surface area contributed by atoms with Crippen LogP contribution in [0.5, 0.6) is 0 Å². The molecule has 3 rings (SSSR count). The SMILES string of the molecule is CN=C(NCCCNC(=O)c1occc1C)NCC1(c2ccccc2F)CC1. The summed E-state index contributed by atoms with van der Waals surface area (Å²) in [5, 5.41) is 9.36. The van der Waals surface area contributed by atoms with Crippen LogP contribution in [-0.2, 0) is 5.41 Å². The number of furan rings is 1. The molecule has 0 atom stereocenters. The Morgan fingerprint density at radius 1 is 1.18 bits per heavy atom. The van der Waals surface area contributed by atoms with Gasteiger partial charge in [-0.05, 0) is 43.9 Å². The van der Waals surface area contributed by atoms with Crippen molar-refractivity contribution in [2.45, 2.75) is 31.6 Å². The highest BCUT2D eigenvalue weighted by molar-refractivity contribution is 5.92. The van der Waals surface area contributed by atoms with Gasteiger partial charge in [0.25, 0.3) is 5.91 Å². The summed E-state index contributed by atoms with van der Waals surface area (Å²) in [7, 11) is 1.71. The number of hydrogen-bond donors (Lipinski definition) is 3. The highest BCUT2D eigenvalue weighted by Crippen LogP contribution is 2.48. The van der Waals surface area contributed by atoms with Crippen LogP contribution >= 0.6 is 0 Å². The maximum absolute atomic E-state index is 14.1. The number of nitrogens with one attached hydrogen (secondary N) is 3. The standard InChI is InChI=1S/C21H27FN4O2/c1-15-8-13-28-18(15)19(27)24-11-5-12-25-20(23-2)26-14-21(9-10-21)16-6-3-4-7-17(16)22/h3-4,6-8,13H,5,9-12,14H2,1-2H3,(H,24,27)(H2,23,25,26). The molecule has 0 radical (unpaired) electrons. The van der Waals surface area contributed by atoms with Gasteiger partial charge in [-0.2, -0.15) is 0 Å². The average molecular weight is 386 g/mol. The number of hydrogen-bond acceptors (Lipinski definition) is 3. The lowest BCUT2D eigenvalue weighted by Gasteiger charge is -2.19. The molecule has 0 aliphatic heterocycles. The molecule has 0 bridgehead atoms. The van der Waals surface area contributed by atoms with Crippen LogP contribution in [0.25, 0.3) is 0 Å². The minimum Gasteiger partial charge on any atom is -0.459 e. The smallest absolute Gasteiger partial charge is 0.287 e. The third-order valence-electron chi connectivity index (χ3n) is 5.12. The van der Waals surface area contributed by atoms with Gasteiger partial charge in [0.15, 0.2) is 11.7 Å². The lowest BCUT2D eigenvalue weighted by molar-refractivity contribution is 0.0925. The third kappa shape index (κ3) is 4.71. The fourth-order valence-corrected chi connectivity index (χ4v) is 3.24. The van der Waals surface area contributed by atoms with Crippen molar-refractivity contribution in [3.63, 3.8) is 0 Å². The second-order valence-corrected chi connectivity index (χ2v) is 7.15. The molecule has 1 aromatic carbocycles. The van der Waals surface area contributed by atoms with Crippen LogP contribution in [-0.4, -0.2) is 38.5 Å². The number of carbonyl (C=O) groups excluding carboxylic acids is 1. The van der Waals surface area contributed by atoms with Crippen LogP contribution in [0.4, 0.5) is 4.39 Å². The molecular formula is C21H27FN4O2. The first-order chi connectivity index (χ1) is 13.6. The van der Waals surface area contributed by atoms with E-state index < -0.39 is 0 Å². The van der Waals surface area contributed by atoms with Crippen molar-refractivity contribution < 1.29 is 13.6 Å². The molecular weight excluding hydrogens is 359 g/mol. The monoisotopic (exact) mass is 386 g/mol. The topological polar surface area (TPSA) is 78.7 Å². The van der Waals surface area contributed by atoms with Gasteiger partial charge in [0.05, 0.1) is 6.26 Å². The zero-order chi connectivity index (χ0) is 20.0. The van der Waals surface area contributed by atoms with E-state index in [1.165, 1.54) is 12.3 Å². The van der Waals surface area contributed by atoms with Crippen LogP contribution in [0.2, 0.25) is 0 Å². The molecule has 1 fully saturated rings. The number of rotatable bonds is 8. The number of amides is 1. The molecule has 28 heavy (non-hydrogen) atoms. The van der Waals surface area contributed by atoms with Crippen molar-refractivity contribution in [3.8, 4) is 0 Å². The molecule has 1 aromatic heterocycles. The summed E-state index contributed by atoms with van der Waals surface area (Å²) in [5.41, 5.74) is 1.45. The molecule has 1 saturated carbocycles. The van der Waals surface area contributed by atoms with E-state index in [-0.39, 0.29) is 17.1 Å². The zero-order valence-electron chi connectivity index (χ0n) is 16.3. The molecule has 1 aliphatic carbocycles. The van der Waals surface area contributed by atoms with Crippen LogP contribution in [0.15, 0.2) is 46.0 Å². The first kappa shape index (κ1) is 19.9. The van der Waals surface area contributed by atoms with Crippen molar-refractivity contribution in [2.24, 2.45) is 4.99 Å². The number of nitrogens with zero attached hydrogens (tertiary/aromatic N) is 1. The van der Waals surface area contributed by atoms with Gasteiger partial charge in [0.1, 0.15) is 5.82 Å². The number of benzene rings is 1. The first-order valence-electron chi connectivity index (χ1n) is 9.57. The molecule has 1 heterocycles. The maximum Gasteiger partial charge on any atom is 0.287 e. The van der Waals surface area contributed by atoms with E-state index in [4.69, 9.17) is 4.42 Å². The number of aryl methyl sites for hydroxylation is 1. The van der Waals surface area contributed by atoms with Crippen molar-refractivity contribution >= 4 is 11.9 Å². The molecule has 150 valence electrons. The van der Waals surface area contributed by atoms with Crippen molar-refractivity contribution in [1.82, 2.24) is 16.0 Å². The molecule has 2 aromatic rings. The Morgan fingerprint density at radius 2 is 1.93 bits per heavy atom. The first-order valence-corrected chi connectivity index (χ1v) is 9.57. The van der Waals surface area contributed by atoms with Crippen LogP contribution in [0.3, 0.4) is 0 Å². The molecule has 3 N–H and O–H groups in total. The van der Waals surface area contributed by atoms with Gasteiger partial charge in [-0.1, -0.05) is 18.2 Å². The normalized spacial score (nSPS) is 15.2. The molecule has 6 nitrogen and oxygen atoms in total. The summed E-state index contributed by atoms with van der Waals surface area (Å²) in [6, 6.07) is 8.74. The quantitative estimate of drug-likeness (QED) is 0.370. The molecule has 7 heteroatoms. The fraction of sp³-hybridized carbons (Fsp3) is 0.429. The largest absolute Gasteiger partial charge is 0.459 e. The molecule has 0 unspecified atom stereocenters. The predicted molar refractivity (Wildman–Crippen MR) is 107 cm³/mol. The summed E-state index contributed by atoms with van der Waals surface area (Å²) >= 11 is 0. The second-order valence-electron chi connectivity index (χ2n) is 7.15. The van der Waals surface area contributed by atoms with E-state index in [0.29, 0.717) is 31.4 Å². The zero-order valence-corrected chi connectivity index (χ0v) is 16.3. The number of carbonyl (C=O) groups is 1. The van der Waals surface area contributed by atoms with E-state index in [1.54, 1.807) is 19.2 Å². The molecule has 1 amide bonds. The third-order valence-corrected chi connectivity index (χ3v) is 5.12. The highest BCUT2D eigenvalue weighted by Gasteiger charge is 2.45. The van der Waals surface area contributed by atoms with Gasteiger partial charge in [-0.15, -0.1) is 0 Å². The Hall–Kier alpha value is -2.83. The minimum atomic E-state index is -0.203. The van der Waals surface area contributed by atoms with Gasteiger partial charge in [0.2, 0.25) is 0 Å². The summed E-state index contributed by atoms with van der Waals surface area (Å²) in [6.45, 7) is 3.66. The average Bonchev–Trinajstić information content (AvgIpc) is 3.36. The molecule has 0 spiro atoms. The number of aliphatic imine (C=N–C) groups is 1.